The van der Waals surface area contributed by atoms with Crippen molar-refractivity contribution in [2.45, 2.75) is 71.1 Å². The number of unbranched alkanes of at least 4 members (excludes halogenated alkanes) is 5. The van der Waals surface area contributed by atoms with Crippen LogP contribution in [0.15, 0.2) is 53.1 Å². The maximum Gasteiger partial charge on any atom is 0.416 e. The van der Waals surface area contributed by atoms with E-state index in [-0.39, 0.29) is 12.1 Å². The Morgan fingerprint density at radius 2 is 1.59 bits per heavy atom. The second kappa shape index (κ2) is 11.8. The molecule has 1 N–H and O–H groups in total. The van der Waals surface area contributed by atoms with E-state index in [1.807, 2.05) is 24.3 Å². The second-order valence-electron chi connectivity index (χ2n) is 7.99. The average Bonchev–Trinajstić information content (AvgIpc) is 3.25. The van der Waals surface area contributed by atoms with E-state index in [4.69, 9.17) is 4.52 Å². The van der Waals surface area contributed by atoms with Gasteiger partial charge in [-0.05, 0) is 35.7 Å². The summed E-state index contributed by atoms with van der Waals surface area (Å²) >= 11 is 0. The van der Waals surface area contributed by atoms with Crippen LogP contribution in [0.2, 0.25) is 0 Å². The molecule has 0 saturated carbocycles. The number of alkyl halides is 3. The molecule has 3 aromatic rings. The van der Waals surface area contributed by atoms with Gasteiger partial charge in [0.15, 0.2) is 5.82 Å². The third-order valence-corrected chi connectivity index (χ3v) is 5.39. The average molecular weight is 446 g/mol. The molecule has 0 amide bonds. The van der Waals surface area contributed by atoms with Crippen molar-refractivity contribution in [1.82, 2.24) is 15.5 Å². The molecule has 4 nitrogen and oxygen atoms in total. The molecule has 0 spiro atoms. The highest BCUT2D eigenvalue weighted by molar-refractivity contribution is 5.53. The van der Waals surface area contributed by atoms with Crippen molar-refractivity contribution in [3.8, 4) is 11.5 Å². The van der Waals surface area contributed by atoms with E-state index < -0.39 is 11.7 Å². The zero-order chi connectivity index (χ0) is 22.8. The molecule has 0 aliphatic carbocycles. The summed E-state index contributed by atoms with van der Waals surface area (Å²) in [5, 5.41) is 7.15. The summed E-state index contributed by atoms with van der Waals surface area (Å²) in [6.07, 6.45) is 3.77. The van der Waals surface area contributed by atoms with E-state index in [1.165, 1.54) is 44.2 Å². The second-order valence-corrected chi connectivity index (χ2v) is 7.99. The first-order valence-electron chi connectivity index (χ1n) is 11.2. The minimum absolute atomic E-state index is 0.142. The summed E-state index contributed by atoms with van der Waals surface area (Å²) < 4.78 is 44.7. The maximum atomic E-state index is 13.1. The van der Waals surface area contributed by atoms with Crippen LogP contribution in [0, 0.1) is 0 Å². The van der Waals surface area contributed by atoms with Crippen molar-refractivity contribution in [3.05, 3.63) is 71.0 Å². The molecule has 1 aromatic heterocycles. The number of nitrogens with one attached hydrogen (secondary N) is 1. The topological polar surface area (TPSA) is 51.0 Å². The van der Waals surface area contributed by atoms with Gasteiger partial charge in [-0.15, -0.1) is 0 Å². The summed E-state index contributed by atoms with van der Waals surface area (Å²) in [5.41, 5.74) is 1.43. The highest BCUT2D eigenvalue weighted by atomic mass is 19.4. The van der Waals surface area contributed by atoms with Gasteiger partial charge in [-0.2, -0.15) is 18.2 Å². The van der Waals surface area contributed by atoms with Gasteiger partial charge in [0.05, 0.1) is 5.56 Å². The Balaban J connectivity index is 1.47. The Morgan fingerprint density at radius 1 is 0.875 bits per heavy atom. The molecule has 0 unspecified atom stereocenters. The van der Waals surface area contributed by atoms with E-state index in [1.54, 1.807) is 6.07 Å². The van der Waals surface area contributed by atoms with Gasteiger partial charge in [-0.25, -0.2) is 0 Å². The fourth-order valence-corrected chi connectivity index (χ4v) is 3.59. The third-order valence-electron chi connectivity index (χ3n) is 5.39. The van der Waals surface area contributed by atoms with Crippen LogP contribution in [-0.4, -0.2) is 10.1 Å². The van der Waals surface area contributed by atoms with E-state index in [0.29, 0.717) is 12.4 Å². The van der Waals surface area contributed by atoms with Gasteiger partial charge in [-0.3, -0.25) is 0 Å². The van der Waals surface area contributed by atoms with E-state index in [9.17, 15) is 13.2 Å². The van der Waals surface area contributed by atoms with Gasteiger partial charge in [0.25, 0.3) is 5.89 Å². The lowest BCUT2D eigenvalue weighted by atomic mass is 10.1. The molecule has 0 aliphatic heterocycles. The largest absolute Gasteiger partial charge is 0.416 e. The maximum absolute atomic E-state index is 13.1. The zero-order valence-corrected chi connectivity index (χ0v) is 18.4. The Hall–Kier alpha value is -2.67. The highest BCUT2D eigenvalue weighted by Gasteiger charge is 2.32. The van der Waals surface area contributed by atoms with Crippen LogP contribution < -0.4 is 5.32 Å². The normalized spacial score (nSPS) is 11.8. The number of rotatable bonds is 12. The smallest absolute Gasteiger partial charge is 0.334 e. The molecule has 2 aromatic carbocycles. The summed E-state index contributed by atoms with van der Waals surface area (Å²) in [5.74, 6) is 1.22. The standard InChI is InChI=1S/C25H30F3N3O/c1-2-3-4-5-6-7-12-23-30-24(32-31-23)20-15-13-19(14-16-20)17-29-18-21-10-8-9-11-22(21)25(26,27)28/h8-11,13-16,29H,2-7,12,17-18H2,1H3. The molecule has 0 atom stereocenters. The molecule has 0 radical (unpaired) electrons. The number of hydrogen-bond acceptors (Lipinski definition) is 4. The van der Waals surface area contributed by atoms with Gasteiger partial charge < -0.3 is 9.84 Å². The zero-order valence-electron chi connectivity index (χ0n) is 18.4. The van der Waals surface area contributed by atoms with Crippen LogP contribution in [0.1, 0.15) is 68.0 Å². The van der Waals surface area contributed by atoms with Crippen LogP contribution >= 0.6 is 0 Å². The molecule has 0 bridgehead atoms. The summed E-state index contributed by atoms with van der Waals surface area (Å²) in [6.45, 7) is 2.81. The van der Waals surface area contributed by atoms with Crippen LogP contribution in [0.5, 0.6) is 0 Å². The quantitative estimate of drug-likeness (QED) is 0.307. The van der Waals surface area contributed by atoms with Gasteiger partial charge >= 0.3 is 6.18 Å². The molecule has 7 heteroatoms. The Bertz CT molecular complexity index is 952. The van der Waals surface area contributed by atoms with Gasteiger partial charge in [0, 0.05) is 25.1 Å². The lowest BCUT2D eigenvalue weighted by Gasteiger charge is -2.13. The monoisotopic (exact) mass is 445 g/mol. The third kappa shape index (κ3) is 7.19. The number of benzene rings is 2. The van der Waals surface area contributed by atoms with Crippen molar-refractivity contribution < 1.29 is 17.7 Å². The number of nitrogens with zero attached hydrogens (tertiary/aromatic N) is 2. The summed E-state index contributed by atoms with van der Waals surface area (Å²) in [7, 11) is 0. The molecule has 0 aliphatic rings. The highest BCUT2D eigenvalue weighted by Crippen LogP contribution is 2.31. The van der Waals surface area contributed by atoms with Crippen LogP contribution in [0.25, 0.3) is 11.5 Å². The van der Waals surface area contributed by atoms with E-state index in [2.05, 4.69) is 22.4 Å². The Labute approximate surface area is 187 Å². The van der Waals surface area contributed by atoms with E-state index in [0.717, 1.165) is 35.9 Å². The van der Waals surface area contributed by atoms with Crippen LogP contribution in [-0.2, 0) is 25.7 Å². The number of halogens is 3. The van der Waals surface area contributed by atoms with Gasteiger partial charge in [0.2, 0.25) is 0 Å². The molecule has 0 fully saturated rings. The fraction of sp³-hybridized carbons (Fsp3) is 0.440. The lowest BCUT2D eigenvalue weighted by Crippen LogP contribution is -2.17. The number of aryl methyl sites for hydroxylation is 1. The number of aromatic nitrogens is 2. The first-order valence-corrected chi connectivity index (χ1v) is 11.2. The predicted molar refractivity (Wildman–Crippen MR) is 119 cm³/mol. The van der Waals surface area contributed by atoms with Crippen molar-refractivity contribution in [3.63, 3.8) is 0 Å². The van der Waals surface area contributed by atoms with Gasteiger partial charge in [-0.1, -0.05) is 74.5 Å². The Kier molecular flexibility index (Phi) is 8.85. The Morgan fingerprint density at radius 3 is 2.34 bits per heavy atom. The minimum Gasteiger partial charge on any atom is -0.334 e. The molecule has 1 heterocycles. The SMILES string of the molecule is CCCCCCCCc1noc(-c2ccc(CNCc3ccccc3C(F)(F)F)cc2)n1. The predicted octanol–water partition coefficient (Wildman–Crippen LogP) is 6.95. The molecule has 3 rings (SSSR count). The summed E-state index contributed by atoms with van der Waals surface area (Å²) in [4.78, 5) is 4.48. The van der Waals surface area contributed by atoms with Crippen molar-refractivity contribution >= 4 is 0 Å². The molecular formula is C25H30F3N3O. The van der Waals surface area contributed by atoms with Crippen molar-refractivity contribution in [1.29, 1.82) is 0 Å². The lowest BCUT2D eigenvalue weighted by molar-refractivity contribution is -0.138. The van der Waals surface area contributed by atoms with Crippen molar-refractivity contribution in [2.75, 3.05) is 0 Å². The molecule has 172 valence electrons. The summed E-state index contributed by atoms with van der Waals surface area (Å²) in [6, 6.07) is 13.2. The van der Waals surface area contributed by atoms with Gasteiger partial charge in [0.1, 0.15) is 0 Å². The fourth-order valence-electron chi connectivity index (χ4n) is 3.59. The van der Waals surface area contributed by atoms with Crippen molar-refractivity contribution in [2.24, 2.45) is 0 Å². The molecular weight excluding hydrogens is 415 g/mol. The van der Waals surface area contributed by atoms with E-state index >= 15 is 0 Å². The first-order chi connectivity index (χ1) is 15.5. The molecule has 32 heavy (non-hydrogen) atoms. The minimum atomic E-state index is -4.35. The van der Waals surface area contributed by atoms with Crippen LogP contribution in [0.3, 0.4) is 0 Å². The first kappa shape index (κ1) is 24.0. The van der Waals surface area contributed by atoms with Crippen LogP contribution in [0.4, 0.5) is 13.2 Å². The number of hydrogen-bond donors (Lipinski definition) is 1. The molecule has 0 saturated heterocycles.